The van der Waals surface area contributed by atoms with Crippen molar-refractivity contribution in [1.82, 2.24) is 4.67 Å². The summed E-state index contributed by atoms with van der Waals surface area (Å²) in [5, 5.41) is 3.50. The van der Waals surface area contributed by atoms with Crippen molar-refractivity contribution in [3.05, 3.63) is 18.0 Å². The first kappa shape index (κ1) is 23.0. The van der Waals surface area contributed by atoms with E-state index in [9.17, 15) is 0 Å². The maximum Gasteiger partial charge on any atom is 0.259 e. The van der Waals surface area contributed by atoms with Gasteiger partial charge in [-0.2, -0.15) is 6.61 Å². The predicted octanol–water partition coefficient (Wildman–Crippen LogP) is 3.00. The van der Waals surface area contributed by atoms with Gasteiger partial charge in [-0.1, -0.05) is 6.92 Å². The van der Waals surface area contributed by atoms with Crippen molar-refractivity contribution in [2.45, 2.75) is 70.9 Å². The number of ether oxygens (including phenoxy) is 2. The van der Waals surface area contributed by atoms with E-state index >= 15 is 0 Å². The summed E-state index contributed by atoms with van der Waals surface area (Å²) in [6.07, 6.45) is -1.10. The molecule has 0 aliphatic carbocycles. The summed E-state index contributed by atoms with van der Waals surface area (Å²) >= 11 is 0. The first-order valence-electron chi connectivity index (χ1n) is 9.49. The molecule has 0 radical (unpaired) electrons. The molecule has 9 heteroatoms. The topological polar surface area (TPSA) is 64.8 Å². The molecule has 0 saturated carbocycles. The van der Waals surface area contributed by atoms with Crippen LogP contribution in [0.5, 0.6) is 0 Å². The number of rotatable bonds is 9. The molecule has 2 aliphatic heterocycles. The molecule has 1 N–H and O–H groups in total. The number of aliphatic hydroxyl groups is 1. The van der Waals surface area contributed by atoms with Crippen LogP contribution in [0.3, 0.4) is 0 Å². The van der Waals surface area contributed by atoms with Crippen LogP contribution in [0.25, 0.3) is 4.85 Å². The van der Waals surface area contributed by atoms with Crippen LogP contribution in [0.1, 0.15) is 42.4 Å². The van der Waals surface area contributed by atoms with Crippen molar-refractivity contribution in [1.29, 1.82) is 1.43 Å². The van der Waals surface area contributed by atoms with E-state index in [0.29, 0.717) is 19.8 Å². The third kappa shape index (κ3) is 6.38. The molecular weight excluding hydrogens is 581 g/mol. The molecule has 2 bridgehead atoms. The zero-order chi connectivity index (χ0) is 20.6. The summed E-state index contributed by atoms with van der Waals surface area (Å²) in [6.45, 7) is 19.8. The molecule has 0 aromatic carbocycles. The zero-order valence-electron chi connectivity index (χ0n) is 18.5. The Labute approximate surface area is 186 Å². The molecular formula is C17H32N2O5PU-. The van der Waals surface area contributed by atoms with E-state index in [2.05, 4.69) is 42.3 Å². The monoisotopic (exact) mass is 616 g/mol. The van der Waals surface area contributed by atoms with Gasteiger partial charge in [-0.05, 0) is 40.2 Å². The smallest absolute Gasteiger partial charge is 0.259 e. The van der Waals surface area contributed by atoms with Gasteiger partial charge in [0.25, 0.3) is 8.53 Å². The fourth-order valence-corrected chi connectivity index (χ4v) is 4.72. The molecule has 7 nitrogen and oxygen atoms in total. The largest absolute Gasteiger partial charge is 0.541 e. The summed E-state index contributed by atoms with van der Waals surface area (Å²) in [5.74, 6) is 0. The summed E-state index contributed by atoms with van der Waals surface area (Å²) < 4.78 is 39.9. The van der Waals surface area contributed by atoms with Gasteiger partial charge in [0.2, 0.25) is 7.98 Å². The minimum absolute atomic E-state index is 0. The van der Waals surface area contributed by atoms with Crippen LogP contribution in [0.4, 0.5) is 0 Å². The van der Waals surface area contributed by atoms with Crippen molar-refractivity contribution in [2.24, 2.45) is 0 Å². The van der Waals surface area contributed by atoms with Gasteiger partial charge >= 0.3 is 0 Å². The Hall–Kier alpha value is 0.732. The second-order valence-corrected chi connectivity index (χ2v) is 7.73. The van der Waals surface area contributed by atoms with Crippen molar-refractivity contribution in [3.63, 3.8) is 0 Å². The second kappa shape index (κ2) is 13.0. The van der Waals surface area contributed by atoms with E-state index in [4.69, 9.17) is 27.9 Å². The van der Waals surface area contributed by atoms with Gasteiger partial charge in [0.1, 0.15) is 6.61 Å². The molecule has 0 amide bonds. The Morgan fingerprint density at radius 3 is 2.58 bits per heavy atom. The van der Waals surface area contributed by atoms with E-state index in [1.54, 1.807) is 13.5 Å². The van der Waals surface area contributed by atoms with Crippen molar-refractivity contribution >= 4 is 8.53 Å². The van der Waals surface area contributed by atoms with Crippen LogP contribution in [-0.2, 0) is 18.5 Å². The van der Waals surface area contributed by atoms with Crippen LogP contribution in [0.2, 0.25) is 0 Å². The average molecular weight is 616 g/mol. The van der Waals surface area contributed by atoms with Gasteiger partial charge in [0.15, 0.2) is 0 Å². The Bertz CT molecular complexity index is 469. The molecule has 2 heterocycles. The van der Waals surface area contributed by atoms with Crippen LogP contribution in [0.15, 0.2) is 0 Å². The SMILES string of the molecule is [2H][C@@H](C)[C@@]12CO[C@@H]([CH-]O1)[C@@H]2OP(OCC[N+]#[C-])N(C(C)C)C(C)C.[3H]OC.[U]. The van der Waals surface area contributed by atoms with E-state index in [1.165, 1.54) is 7.11 Å². The van der Waals surface area contributed by atoms with Gasteiger partial charge < -0.3 is 28.5 Å². The van der Waals surface area contributed by atoms with Gasteiger partial charge in [0, 0.05) is 51.7 Å². The van der Waals surface area contributed by atoms with Gasteiger partial charge in [-0.15, -0.1) is 0 Å². The van der Waals surface area contributed by atoms with Crippen molar-refractivity contribution in [3.8, 4) is 0 Å². The molecule has 2 saturated heterocycles. The average Bonchev–Trinajstić information content (AvgIpc) is 3.11. The molecule has 1 unspecified atom stereocenters. The number of hydrogen-bond donors (Lipinski definition) is 1. The van der Waals surface area contributed by atoms with E-state index in [1.807, 2.05) is 0 Å². The molecule has 2 aliphatic rings. The number of aliphatic hydroxyl groups excluding tert-OH is 1. The van der Waals surface area contributed by atoms with E-state index in [-0.39, 0.29) is 55.4 Å². The third-order valence-electron chi connectivity index (χ3n) is 4.05. The van der Waals surface area contributed by atoms with Crippen LogP contribution >= 0.6 is 8.53 Å². The molecule has 0 aromatic heterocycles. The zero-order valence-corrected chi connectivity index (χ0v) is 21.5. The minimum Gasteiger partial charge on any atom is -0.541 e. The second-order valence-electron chi connectivity index (χ2n) is 6.32. The van der Waals surface area contributed by atoms with Gasteiger partial charge in [0.05, 0.1) is 18.3 Å². The Balaban J connectivity index is 0.00000171. The molecule has 5 atom stereocenters. The van der Waals surface area contributed by atoms with Crippen LogP contribution in [-0.4, -0.2) is 68.0 Å². The first-order valence-corrected chi connectivity index (χ1v) is 9.63. The van der Waals surface area contributed by atoms with E-state index < -0.39 is 20.5 Å². The molecule has 2 rings (SSSR count). The predicted molar refractivity (Wildman–Crippen MR) is 97.6 cm³/mol. The summed E-state index contributed by atoms with van der Waals surface area (Å²) in [4.78, 5) is 3.35. The van der Waals surface area contributed by atoms with Gasteiger partial charge in [-0.3, -0.25) is 0 Å². The maximum atomic E-state index is 8.18. The standard InChI is InChI=1S/C16H28N2O4P.CH4O.U/c1-7-16-11-19-14(10-20-16)15(16)22-23(21-9-8-17-6)18(12(2)3)13(4)5;1-2;/h10,12-15H,7-9,11H2,1-5H3;2H,1H3;/q-1;;/t14-,15-,16-,23?;;/m0../s1/i7D;2T;/t7-,14-,15-,16-,23?;;. The van der Waals surface area contributed by atoms with Gasteiger partial charge in [-0.25, -0.2) is 11.2 Å². The molecule has 26 heavy (non-hydrogen) atoms. The number of fused-ring (bicyclic) bond motifs is 2. The summed E-state index contributed by atoms with van der Waals surface area (Å²) in [7, 11) is -0.0771. The number of hydrogen-bond acceptors (Lipinski definition) is 6. The van der Waals surface area contributed by atoms with E-state index in [0.717, 1.165) is 0 Å². The van der Waals surface area contributed by atoms with Crippen molar-refractivity contribution in [2.75, 3.05) is 26.9 Å². The Morgan fingerprint density at radius 1 is 1.54 bits per heavy atom. The maximum absolute atomic E-state index is 8.18. The first-order chi connectivity index (χ1) is 12.7. The minimum atomic E-state index is -1.37. The molecule has 0 spiro atoms. The summed E-state index contributed by atoms with van der Waals surface area (Å²) in [6, 6.07) is 0.469. The summed E-state index contributed by atoms with van der Waals surface area (Å²) in [5.41, 5.74) is -0.770. The molecule has 0 aromatic rings. The molecule has 2 fully saturated rings. The Morgan fingerprint density at radius 2 is 2.15 bits per heavy atom. The normalized spacial score (nSPS) is 30.2. The molecule has 150 valence electrons. The van der Waals surface area contributed by atoms with Crippen molar-refractivity contribution < 1.29 is 56.1 Å². The van der Waals surface area contributed by atoms with Crippen LogP contribution < -0.4 is 0 Å². The quantitative estimate of drug-likeness (QED) is 0.244. The fourth-order valence-electron chi connectivity index (χ4n) is 2.93. The number of nitrogens with zero attached hydrogens (tertiary/aromatic N) is 2. The van der Waals surface area contributed by atoms with Crippen LogP contribution in [0, 0.1) is 44.3 Å². The Kier molecular flexibility index (Phi) is 11.5. The fraction of sp³-hybridized carbons (Fsp3) is 0.882. The third-order valence-corrected chi connectivity index (χ3v) is 6.16.